The van der Waals surface area contributed by atoms with Crippen LogP contribution >= 0.6 is 0 Å². The van der Waals surface area contributed by atoms with Crippen molar-refractivity contribution < 1.29 is 14.3 Å². The molecule has 1 aromatic carbocycles. The average Bonchev–Trinajstić information content (AvgIpc) is 3.04. The van der Waals surface area contributed by atoms with Crippen molar-refractivity contribution in [3.63, 3.8) is 0 Å². The van der Waals surface area contributed by atoms with Crippen LogP contribution in [0.25, 0.3) is 11.0 Å². The number of piperidine rings is 1. The zero-order valence-electron chi connectivity index (χ0n) is 17.8. The molecule has 2 N–H and O–H groups in total. The lowest BCUT2D eigenvalue weighted by molar-refractivity contribution is -0.0316. The first-order valence-corrected chi connectivity index (χ1v) is 10.3. The second-order valence-corrected chi connectivity index (χ2v) is 9.84. The van der Waals surface area contributed by atoms with Gasteiger partial charge in [-0.25, -0.2) is 0 Å². The number of fused-ring (bicyclic) bond motifs is 1. The van der Waals surface area contributed by atoms with Crippen molar-refractivity contribution in [2.24, 2.45) is 11.3 Å². The van der Waals surface area contributed by atoms with Crippen LogP contribution in [0, 0.1) is 11.3 Å². The highest BCUT2D eigenvalue weighted by Crippen LogP contribution is 2.35. The van der Waals surface area contributed by atoms with Crippen molar-refractivity contribution >= 4 is 16.9 Å². The summed E-state index contributed by atoms with van der Waals surface area (Å²) in [5.41, 5.74) is 1.02. The zero-order valence-corrected chi connectivity index (χ0v) is 17.8. The Bertz CT molecular complexity index is 824. The first kappa shape index (κ1) is 20.9. The molecule has 1 amide bonds. The lowest BCUT2D eigenvalue weighted by atomic mass is 9.83. The van der Waals surface area contributed by atoms with Gasteiger partial charge in [0.1, 0.15) is 5.58 Å². The molecule has 2 heterocycles. The molecule has 0 atom stereocenters. The van der Waals surface area contributed by atoms with Crippen LogP contribution in [0.3, 0.4) is 0 Å². The smallest absolute Gasteiger partial charge is 0.287 e. The molecule has 28 heavy (non-hydrogen) atoms. The lowest BCUT2D eigenvalue weighted by Crippen LogP contribution is -2.45. The van der Waals surface area contributed by atoms with E-state index in [0.717, 1.165) is 30.6 Å². The number of hydrogen-bond acceptors (Lipinski definition) is 4. The van der Waals surface area contributed by atoms with E-state index in [-0.39, 0.29) is 11.3 Å². The van der Waals surface area contributed by atoms with Crippen LogP contribution in [0.2, 0.25) is 0 Å². The molecule has 1 aromatic heterocycles. The summed E-state index contributed by atoms with van der Waals surface area (Å²) in [5.74, 6) is 0.513. The zero-order chi connectivity index (χ0) is 20.5. The Labute approximate surface area is 168 Å². The fourth-order valence-electron chi connectivity index (χ4n) is 3.87. The Morgan fingerprint density at radius 2 is 1.93 bits per heavy atom. The van der Waals surface area contributed by atoms with Crippen LogP contribution in [0.5, 0.6) is 0 Å². The highest BCUT2D eigenvalue weighted by atomic mass is 16.3. The Balaban J connectivity index is 1.73. The van der Waals surface area contributed by atoms with Crippen LogP contribution < -0.4 is 5.32 Å². The van der Waals surface area contributed by atoms with E-state index in [1.807, 2.05) is 18.2 Å². The van der Waals surface area contributed by atoms with Crippen LogP contribution in [-0.2, 0) is 5.60 Å². The number of carbonyl (C=O) groups is 1. The van der Waals surface area contributed by atoms with E-state index in [0.29, 0.717) is 36.6 Å². The molecule has 1 aliphatic heterocycles. The number of carbonyl (C=O) groups excluding carboxylic acids is 1. The van der Waals surface area contributed by atoms with Gasteiger partial charge in [0.05, 0.1) is 5.60 Å². The predicted molar refractivity (Wildman–Crippen MR) is 112 cm³/mol. The maximum Gasteiger partial charge on any atom is 0.287 e. The number of amides is 1. The van der Waals surface area contributed by atoms with Gasteiger partial charge in [0, 0.05) is 31.6 Å². The molecule has 0 radical (unpaired) electrons. The highest BCUT2D eigenvalue weighted by Gasteiger charge is 2.35. The minimum absolute atomic E-state index is 0.194. The fourth-order valence-corrected chi connectivity index (χ4v) is 3.87. The minimum Gasteiger partial charge on any atom is -0.451 e. The van der Waals surface area contributed by atoms with Gasteiger partial charge in [-0.1, -0.05) is 40.7 Å². The summed E-state index contributed by atoms with van der Waals surface area (Å²) in [7, 11) is 0. The van der Waals surface area contributed by atoms with Crippen molar-refractivity contribution in [3.8, 4) is 0 Å². The fraction of sp³-hybridized carbons (Fsp3) is 0.609. The van der Waals surface area contributed by atoms with E-state index in [1.54, 1.807) is 6.07 Å². The van der Waals surface area contributed by atoms with Crippen molar-refractivity contribution in [2.45, 2.75) is 53.1 Å². The summed E-state index contributed by atoms with van der Waals surface area (Å²) in [5, 5.41) is 15.0. The molecule has 1 aliphatic rings. The number of hydrogen-bond donors (Lipinski definition) is 2. The second-order valence-electron chi connectivity index (χ2n) is 9.84. The van der Waals surface area contributed by atoms with Crippen molar-refractivity contribution in [1.29, 1.82) is 0 Å². The quantitative estimate of drug-likeness (QED) is 0.810. The monoisotopic (exact) mass is 386 g/mol. The van der Waals surface area contributed by atoms with Crippen LogP contribution in [0.15, 0.2) is 28.7 Å². The minimum atomic E-state index is -0.820. The van der Waals surface area contributed by atoms with Gasteiger partial charge in [0.15, 0.2) is 5.76 Å². The maximum absolute atomic E-state index is 12.3. The van der Waals surface area contributed by atoms with E-state index < -0.39 is 5.60 Å². The third kappa shape index (κ3) is 4.95. The molecule has 0 aliphatic carbocycles. The SMILES string of the molecule is CC(C)CNC(=O)c1cc2cc(C3(O)CCN(CC(C)(C)C)CC3)ccc2o1. The van der Waals surface area contributed by atoms with E-state index in [4.69, 9.17) is 4.42 Å². The van der Waals surface area contributed by atoms with Crippen molar-refractivity contribution in [1.82, 2.24) is 10.2 Å². The lowest BCUT2D eigenvalue weighted by Gasteiger charge is -2.40. The van der Waals surface area contributed by atoms with Gasteiger partial charge >= 0.3 is 0 Å². The molecule has 5 nitrogen and oxygen atoms in total. The number of aliphatic hydroxyl groups is 1. The number of likely N-dealkylation sites (tertiary alicyclic amines) is 1. The summed E-state index contributed by atoms with van der Waals surface area (Å²) in [6.07, 6.45) is 1.43. The van der Waals surface area contributed by atoms with Gasteiger partial charge in [-0.05, 0) is 47.9 Å². The molecule has 0 bridgehead atoms. The molecule has 154 valence electrons. The molecular formula is C23H34N2O3. The number of rotatable bonds is 5. The molecule has 1 fully saturated rings. The summed E-state index contributed by atoms with van der Waals surface area (Å²) >= 11 is 0. The Morgan fingerprint density at radius 1 is 1.25 bits per heavy atom. The van der Waals surface area contributed by atoms with E-state index in [2.05, 4.69) is 44.8 Å². The predicted octanol–water partition coefficient (Wildman–Crippen LogP) is 4.15. The van der Waals surface area contributed by atoms with Crippen LogP contribution in [-0.4, -0.2) is 42.1 Å². The van der Waals surface area contributed by atoms with Gasteiger partial charge in [0.2, 0.25) is 0 Å². The summed E-state index contributed by atoms with van der Waals surface area (Å²) in [6.45, 7) is 14.3. The topological polar surface area (TPSA) is 65.7 Å². The Kier molecular flexibility index (Phi) is 5.87. The van der Waals surface area contributed by atoms with Gasteiger partial charge in [-0.3, -0.25) is 4.79 Å². The summed E-state index contributed by atoms with van der Waals surface area (Å²) < 4.78 is 5.71. The standard InChI is InChI=1S/C23H34N2O3/c1-16(2)14-24-21(26)20-13-17-12-18(6-7-19(17)28-20)23(27)8-10-25(11-9-23)15-22(3,4)5/h6-7,12-13,16,27H,8-11,14-15H2,1-5H3,(H,24,26). The molecule has 3 rings (SSSR count). The van der Waals surface area contributed by atoms with Crippen LogP contribution in [0.1, 0.15) is 63.6 Å². The van der Waals surface area contributed by atoms with Crippen molar-refractivity contribution in [3.05, 3.63) is 35.6 Å². The van der Waals surface area contributed by atoms with Gasteiger partial charge in [0.25, 0.3) is 5.91 Å². The first-order valence-electron chi connectivity index (χ1n) is 10.3. The third-order valence-corrected chi connectivity index (χ3v) is 5.33. The van der Waals surface area contributed by atoms with Gasteiger partial charge < -0.3 is 19.7 Å². The molecule has 1 saturated heterocycles. The third-order valence-electron chi connectivity index (χ3n) is 5.33. The van der Waals surface area contributed by atoms with E-state index >= 15 is 0 Å². The van der Waals surface area contributed by atoms with E-state index in [1.165, 1.54) is 0 Å². The average molecular weight is 387 g/mol. The molecular weight excluding hydrogens is 352 g/mol. The summed E-state index contributed by atoms with van der Waals surface area (Å²) in [4.78, 5) is 14.7. The number of furan rings is 1. The van der Waals surface area contributed by atoms with E-state index in [9.17, 15) is 9.90 Å². The largest absolute Gasteiger partial charge is 0.451 e. The molecule has 2 aromatic rings. The maximum atomic E-state index is 12.3. The molecule has 0 unspecified atom stereocenters. The molecule has 5 heteroatoms. The number of benzene rings is 1. The second kappa shape index (κ2) is 7.88. The summed E-state index contributed by atoms with van der Waals surface area (Å²) in [6, 6.07) is 7.54. The number of nitrogens with one attached hydrogen (secondary N) is 1. The number of nitrogens with zero attached hydrogens (tertiary/aromatic N) is 1. The Hall–Kier alpha value is -1.85. The Morgan fingerprint density at radius 3 is 2.54 bits per heavy atom. The highest BCUT2D eigenvalue weighted by molar-refractivity contribution is 5.96. The first-order chi connectivity index (χ1) is 13.1. The molecule has 0 saturated carbocycles. The van der Waals surface area contributed by atoms with Gasteiger partial charge in [-0.15, -0.1) is 0 Å². The molecule has 0 spiro atoms. The normalized spacial score (nSPS) is 18.0. The van der Waals surface area contributed by atoms with Gasteiger partial charge in [-0.2, -0.15) is 0 Å². The van der Waals surface area contributed by atoms with Crippen molar-refractivity contribution in [2.75, 3.05) is 26.2 Å². The van der Waals surface area contributed by atoms with Crippen LogP contribution in [0.4, 0.5) is 0 Å².